The van der Waals surface area contributed by atoms with Crippen molar-refractivity contribution in [2.75, 3.05) is 0 Å². The van der Waals surface area contributed by atoms with E-state index in [1.807, 2.05) is 153 Å². The summed E-state index contributed by atoms with van der Waals surface area (Å²) in [6.07, 6.45) is 6.11. The van der Waals surface area contributed by atoms with Gasteiger partial charge in [-0.25, -0.2) is 4.39 Å². The maximum absolute atomic E-state index is 14.0. The molecule has 27 heteroatoms. The molecule has 0 N–H and O–H groups in total. The summed E-state index contributed by atoms with van der Waals surface area (Å²) < 4.78 is 51.2. The Morgan fingerprint density at radius 2 is 0.747 bits per heavy atom. The highest BCUT2D eigenvalue weighted by Crippen LogP contribution is 2.45. The molecule has 23 nitrogen and oxygen atoms in total. The van der Waals surface area contributed by atoms with E-state index >= 15 is 0 Å². The van der Waals surface area contributed by atoms with E-state index in [4.69, 9.17) is 51.3 Å². The summed E-state index contributed by atoms with van der Waals surface area (Å²) >= 11 is 13.5. The molecule has 2 aromatic heterocycles. The van der Waals surface area contributed by atoms with Crippen LogP contribution in [0.2, 0.25) is 10.0 Å². The molecule has 5 fully saturated rings. The number of ether oxygens (including phenoxy) is 5. The highest BCUT2D eigenvalue weighted by atomic mass is 35.5. The lowest BCUT2D eigenvalue weighted by molar-refractivity contribution is -0.134. The van der Waals surface area contributed by atoms with Gasteiger partial charge in [0.1, 0.15) is 83.4 Å². The van der Waals surface area contributed by atoms with E-state index in [-0.39, 0.29) is 120 Å². The first-order valence-corrected chi connectivity index (χ1v) is 50.3. The van der Waals surface area contributed by atoms with Gasteiger partial charge in [0.2, 0.25) is 0 Å². The number of Topliss-reactive ketones (excluding diaryl/α,β-unsaturated/α-hetero) is 7. The molecule has 5 amide bonds. The summed E-state index contributed by atoms with van der Waals surface area (Å²) in [5, 5.41) is 4.90. The number of carbonyl (C=O) groups excluding carboxylic acids is 12. The van der Waals surface area contributed by atoms with Crippen LogP contribution in [-0.4, -0.2) is 125 Å². The van der Waals surface area contributed by atoms with Crippen LogP contribution in [-0.2, 0) is 86.1 Å². The van der Waals surface area contributed by atoms with Gasteiger partial charge >= 0.3 is 0 Å². The number of nitrogens with zero attached hydrogens (tertiary/aromatic N) is 5. The van der Waals surface area contributed by atoms with E-state index in [1.54, 1.807) is 85.2 Å². The topological polar surface area (TPSA) is 280 Å². The third-order valence-electron chi connectivity index (χ3n) is 28.5. The van der Waals surface area contributed by atoms with Gasteiger partial charge in [0.15, 0.2) is 35.0 Å². The Kier molecular flexibility index (Phi) is 30.4. The van der Waals surface area contributed by atoms with Crippen molar-refractivity contribution in [2.45, 2.75) is 213 Å². The predicted molar refractivity (Wildman–Crippen MR) is 555 cm³/mol. The number of amides is 5. The number of furan rings is 1. The van der Waals surface area contributed by atoms with E-state index < -0.39 is 18.1 Å². The average molecular weight is 2020 g/mol. The second-order valence-corrected chi connectivity index (χ2v) is 40.2. The summed E-state index contributed by atoms with van der Waals surface area (Å²) in [7, 11) is 0. The molecule has 7 heterocycles. The van der Waals surface area contributed by atoms with Crippen LogP contribution in [0, 0.1) is 5.82 Å². The quantitative estimate of drug-likeness (QED) is 0.0506. The van der Waals surface area contributed by atoms with E-state index in [2.05, 4.69) is 50.1 Å². The number of carbonyl (C=O) groups is 12. The smallest absolute Gasteiger partial charge is 0.255 e. The zero-order valence-corrected chi connectivity index (χ0v) is 82.4. The number of hydrogen-bond acceptors (Lipinski definition) is 19. The first-order valence-electron chi connectivity index (χ1n) is 48.8. The summed E-state index contributed by atoms with van der Waals surface area (Å²) in [6, 6.07) is 71.4. The summed E-state index contributed by atoms with van der Waals surface area (Å²) in [4.78, 5) is 159. The number of halogens is 3. The standard InChI is InChI=1S/C26H23NO4.C24H20FNO3S.C24H21NO5.C22H19Cl2NO3.C22H21NO3.CH4/c1-16(18-10-9-17-5-2-3-6-19(17)13-18)31-25-8-4-7-21-22(25)15-27(26(21)30)23-12-11-20(28)14-24(23)29;1-14-8-9-20(21(27)10-14)26-12-18-16(24(26)28)4-2-6-22(18)29-13-15-11-17-19(25)5-3-7-23(17)30-15;1-14(23-11-15-5-2-3-7-21(15)30-23)29-22-8-4-6-17-18(22)13-25(24(17)28)19-10-9-16(26)12-20(19)27;1-13-5-8-19(20(26)9-13)25-11-16-15(22(25)27)3-2-4-21(16)28-12-14-6-7-17(23)18(24)10-14;1-15-10-11-19(20(24)12-15)23-13-18-17(22(23)25)8-5-9-21(18)26-14-16-6-3-2-4-7-16;/h2-10,13,16,23H,11-12,14-15H2,1H3;2-7,11,20H,1,8-10,12-13H2;2-8,11,14,19H,9-10,12-13H2,1H3;2-4,6-7,10,19H,1,5,8-9,11-12H2;2-9,19H,1,10-14H2;1H4. The van der Waals surface area contributed by atoms with Crippen molar-refractivity contribution in [2.24, 2.45) is 0 Å². The van der Waals surface area contributed by atoms with Crippen molar-refractivity contribution in [1.29, 1.82) is 0 Å². The van der Waals surface area contributed by atoms with E-state index in [9.17, 15) is 61.9 Å². The fourth-order valence-electron chi connectivity index (χ4n) is 20.7. The molecule has 0 spiro atoms. The molecule has 5 aliphatic heterocycles. The number of benzene rings is 11. The summed E-state index contributed by atoms with van der Waals surface area (Å²) in [5.41, 5.74) is 13.7. The predicted octanol–water partition coefficient (Wildman–Crippen LogP) is 23.8. The van der Waals surface area contributed by atoms with Crippen molar-refractivity contribution >= 4 is 136 Å². The Balaban J connectivity index is 0.000000120. The lowest BCUT2D eigenvalue weighted by Crippen LogP contribution is -2.44. The Hall–Kier alpha value is -15.1. The number of allylic oxidation sites excluding steroid dienone is 3. The van der Waals surface area contributed by atoms with Crippen molar-refractivity contribution < 1.29 is 90.0 Å². The second-order valence-electron chi connectivity index (χ2n) is 38.2. The minimum absolute atomic E-state index is 0. The molecule has 5 saturated carbocycles. The van der Waals surface area contributed by atoms with Gasteiger partial charge in [-0.1, -0.05) is 194 Å². The maximum atomic E-state index is 14.0. The normalized spacial score (nSPS) is 19.3. The van der Waals surface area contributed by atoms with E-state index in [0.29, 0.717) is 189 Å². The Bertz CT molecular complexity index is 7440. The highest BCUT2D eigenvalue weighted by molar-refractivity contribution is 7.19. The molecule has 744 valence electrons. The molecule has 0 saturated heterocycles. The third kappa shape index (κ3) is 21.6. The van der Waals surface area contributed by atoms with Gasteiger partial charge in [-0.3, -0.25) is 57.5 Å². The molecule has 11 aromatic carbocycles. The van der Waals surface area contributed by atoms with Gasteiger partial charge in [0.25, 0.3) is 29.5 Å². The second kappa shape index (κ2) is 43.9. The molecular formula is C119H108Cl2FN5O18S. The lowest BCUT2D eigenvalue weighted by Gasteiger charge is -2.30. The van der Waals surface area contributed by atoms with Crippen LogP contribution in [0.25, 0.3) is 31.8 Å². The van der Waals surface area contributed by atoms with Crippen LogP contribution in [0.1, 0.15) is 237 Å². The monoisotopic (exact) mass is 2020 g/mol. The molecule has 7 unspecified atom stereocenters. The average Bonchev–Trinajstić information content (AvgIpc) is 1.63. The molecular weight excluding hydrogens is 1910 g/mol. The molecule has 13 aromatic rings. The molecule has 146 heavy (non-hydrogen) atoms. The Labute approximate surface area is 858 Å². The Morgan fingerprint density at radius 3 is 1.18 bits per heavy atom. The van der Waals surface area contributed by atoms with Gasteiger partial charge < -0.3 is 52.6 Å². The van der Waals surface area contributed by atoms with Crippen LogP contribution in [0.3, 0.4) is 0 Å². The number of para-hydroxylation sites is 1. The number of ketones is 7. The van der Waals surface area contributed by atoms with Gasteiger partial charge in [0.05, 0.1) is 85.8 Å². The van der Waals surface area contributed by atoms with Gasteiger partial charge in [-0.15, -0.1) is 11.3 Å². The molecule has 5 aliphatic carbocycles. The molecule has 0 radical (unpaired) electrons. The molecule has 7 atom stereocenters. The minimum atomic E-state index is -0.539. The number of hydrogen-bond donors (Lipinski definition) is 0. The number of rotatable bonds is 20. The first kappa shape index (κ1) is 101. The van der Waals surface area contributed by atoms with Crippen LogP contribution in [0.5, 0.6) is 28.7 Å². The van der Waals surface area contributed by atoms with Crippen LogP contribution < -0.4 is 23.7 Å². The number of fused-ring (bicyclic) bond motifs is 8. The first-order chi connectivity index (χ1) is 70.1. The Morgan fingerprint density at radius 1 is 0.363 bits per heavy atom. The maximum Gasteiger partial charge on any atom is 0.255 e. The van der Waals surface area contributed by atoms with Crippen LogP contribution >= 0.6 is 34.5 Å². The SMILES string of the molecule is C.C=C1CCC(N2Cc3c(OCc4cc5c(F)cccc5s4)cccc3C2=O)C(=O)C1.C=C1CCC(N2Cc3c(OCc4ccc(Cl)c(Cl)c4)cccc3C2=O)C(=O)C1.C=C1CCC(N2Cc3c(OCc4ccccc4)cccc3C2=O)C(=O)C1.CC(Oc1cccc2c1CN(C1CCC(=O)CC1=O)C2=O)c1cc2ccccc2o1.CC(Oc1cccc2c1CN(C1CCC(=O)CC1=O)C2=O)c1ccc2ccccc2c1. The summed E-state index contributed by atoms with van der Waals surface area (Å²) in [6.45, 7) is 18.5. The highest BCUT2D eigenvalue weighted by Gasteiger charge is 2.46. The summed E-state index contributed by atoms with van der Waals surface area (Å²) in [5.74, 6) is 2.87. The van der Waals surface area contributed by atoms with Gasteiger partial charge in [-0.05, 0) is 202 Å². The lowest BCUT2D eigenvalue weighted by atomic mass is 9.89. The molecule has 0 bridgehead atoms. The zero-order chi connectivity index (χ0) is 101. The van der Waals surface area contributed by atoms with Crippen molar-refractivity contribution in [3.8, 4) is 28.7 Å². The molecule has 23 rings (SSSR count). The largest absolute Gasteiger partial charge is 0.489 e. The fourth-order valence-corrected chi connectivity index (χ4v) is 22.1. The van der Waals surface area contributed by atoms with Crippen molar-refractivity contribution in [3.05, 3.63) is 372 Å². The third-order valence-corrected chi connectivity index (χ3v) is 30.3. The van der Waals surface area contributed by atoms with Gasteiger partial charge in [-0.2, -0.15) is 0 Å². The minimum Gasteiger partial charge on any atom is -0.489 e. The fraction of sp³-hybridized carbons (Fsp3) is 0.277. The van der Waals surface area contributed by atoms with E-state index in [1.165, 1.54) is 22.8 Å². The number of thiophene rings is 1. The van der Waals surface area contributed by atoms with E-state index in [0.717, 1.165) is 112 Å². The van der Waals surface area contributed by atoms with Crippen molar-refractivity contribution in [1.82, 2.24) is 24.5 Å². The van der Waals surface area contributed by atoms with Gasteiger partial charge in [0, 0.05) is 108 Å². The zero-order valence-electron chi connectivity index (χ0n) is 80.1. The molecule has 10 aliphatic rings. The van der Waals surface area contributed by atoms with Crippen LogP contribution in [0.4, 0.5) is 4.39 Å². The van der Waals surface area contributed by atoms with Crippen molar-refractivity contribution in [3.63, 3.8) is 0 Å². The van der Waals surface area contributed by atoms with Crippen LogP contribution in [0.15, 0.2) is 277 Å².